The third-order valence-electron chi connectivity index (χ3n) is 5.25. The van der Waals surface area contributed by atoms with Crippen LogP contribution in [0.5, 0.6) is 0 Å². The number of nitrogens with one attached hydrogen (secondary N) is 2. The molecular formula is C26H24N4O3. The van der Waals surface area contributed by atoms with Gasteiger partial charge in [-0.2, -0.15) is 0 Å². The molecule has 0 saturated heterocycles. The highest BCUT2D eigenvalue weighted by Gasteiger charge is 2.15. The van der Waals surface area contributed by atoms with E-state index in [-0.39, 0.29) is 17.9 Å². The number of rotatable bonds is 6. The number of hydrogen-bond donors (Lipinski definition) is 2. The Morgan fingerprint density at radius 1 is 0.909 bits per heavy atom. The quantitative estimate of drug-likeness (QED) is 0.432. The van der Waals surface area contributed by atoms with E-state index in [1.54, 1.807) is 30.3 Å². The summed E-state index contributed by atoms with van der Waals surface area (Å²) < 4.78 is 5.85. The van der Waals surface area contributed by atoms with Crippen LogP contribution in [0.3, 0.4) is 0 Å². The van der Waals surface area contributed by atoms with Gasteiger partial charge in [-0.1, -0.05) is 30.3 Å². The summed E-state index contributed by atoms with van der Waals surface area (Å²) in [4.78, 5) is 24.0. The molecule has 4 aromatic rings. The van der Waals surface area contributed by atoms with Crippen molar-refractivity contribution in [1.82, 2.24) is 15.5 Å². The number of aryl methyl sites for hydroxylation is 1. The van der Waals surface area contributed by atoms with Crippen LogP contribution in [-0.4, -0.2) is 22.0 Å². The number of carbonyl (C=O) groups excluding carboxylic acids is 2. The van der Waals surface area contributed by atoms with E-state index in [1.807, 2.05) is 56.3 Å². The smallest absolute Gasteiger partial charge is 0.251 e. The molecule has 0 radical (unpaired) electrons. The van der Waals surface area contributed by atoms with E-state index in [4.69, 9.17) is 4.42 Å². The van der Waals surface area contributed by atoms with Gasteiger partial charge in [-0.05, 0) is 67.4 Å². The summed E-state index contributed by atoms with van der Waals surface area (Å²) in [5, 5.41) is 14.0. The zero-order valence-electron chi connectivity index (χ0n) is 18.6. The van der Waals surface area contributed by atoms with Gasteiger partial charge >= 0.3 is 0 Å². The Morgan fingerprint density at radius 3 is 2.36 bits per heavy atom. The van der Waals surface area contributed by atoms with Crippen LogP contribution in [0, 0.1) is 6.92 Å². The number of amides is 2. The Hall–Kier alpha value is -4.26. The van der Waals surface area contributed by atoms with E-state index in [9.17, 15) is 9.59 Å². The summed E-state index contributed by atoms with van der Waals surface area (Å²) in [6.45, 7) is 5.34. The average molecular weight is 441 g/mol. The minimum Gasteiger partial charge on any atom is -0.416 e. The molecule has 0 aliphatic rings. The molecule has 7 heteroatoms. The standard InChI is InChI=1S/C26H24N4O3/c1-16-7-4-5-10-23(16)26-30-29-25(33-26)20-13-11-19(12-14-20)24(32)27-17(2)21-8-6-9-22(15-21)28-18(3)31/h4-15,17H,1-3H3,(H,27,32)(H,28,31). The van der Waals surface area contributed by atoms with E-state index in [0.717, 1.165) is 22.3 Å². The molecule has 0 fully saturated rings. The topological polar surface area (TPSA) is 97.1 Å². The molecule has 33 heavy (non-hydrogen) atoms. The Labute approximate surface area is 191 Å². The first kappa shape index (κ1) is 22.0. The van der Waals surface area contributed by atoms with Crippen LogP contribution in [0.4, 0.5) is 5.69 Å². The zero-order valence-corrected chi connectivity index (χ0v) is 18.6. The first-order chi connectivity index (χ1) is 15.9. The highest BCUT2D eigenvalue weighted by molar-refractivity contribution is 5.95. The first-order valence-electron chi connectivity index (χ1n) is 10.6. The Balaban J connectivity index is 1.45. The minimum atomic E-state index is -0.238. The van der Waals surface area contributed by atoms with Crippen molar-refractivity contribution >= 4 is 17.5 Å². The molecule has 0 bridgehead atoms. The number of hydrogen-bond acceptors (Lipinski definition) is 5. The summed E-state index contributed by atoms with van der Waals surface area (Å²) >= 11 is 0. The van der Waals surface area contributed by atoms with Gasteiger partial charge in [-0.3, -0.25) is 9.59 Å². The highest BCUT2D eigenvalue weighted by Crippen LogP contribution is 2.26. The van der Waals surface area contributed by atoms with Gasteiger partial charge in [0.1, 0.15) is 0 Å². The van der Waals surface area contributed by atoms with Crippen LogP contribution >= 0.6 is 0 Å². The first-order valence-corrected chi connectivity index (χ1v) is 10.6. The normalized spacial score (nSPS) is 11.6. The van der Waals surface area contributed by atoms with Crippen LogP contribution in [0.25, 0.3) is 22.9 Å². The van der Waals surface area contributed by atoms with Gasteiger partial charge in [-0.15, -0.1) is 10.2 Å². The van der Waals surface area contributed by atoms with Crippen LogP contribution < -0.4 is 10.6 Å². The zero-order chi connectivity index (χ0) is 23.4. The van der Waals surface area contributed by atoms with E-state index < -0.39 is 0 Å². The maximum atomic E-state index is 12.7. The van der Waals surface area contributed by atoms with E-state index >= 15 is 0 Å². The molecule has 0 spiro atoms. The molecule has 2 amide bonds. The van der Waals surface area contributed by atoms with Gasteiger partial charge in [0.05, 0.1) is 6.04 Å². The maximum Gasteiger partial charge on any atom is 0.251 e. The van der Waals surface area contributed by atoms with E-state index in [2.05, 4.69) is 20.8 Å². The van der Waals surface area contributed by atoms with Gasteiger partial charge in [0.25, 0.3) is 5.91 Å². The van der Waals surface area contributed by atoms with Crippen molar-refractivity contribution in [2.24, 2.45) is 0 Å². The fourth-order valence-electron chi connectivity index (χ4n) is 3.48. The molecule has 1 atom stereocenters. The lowest BCUT2D eigenvalue weighted by atomic mass is 10.1. The predicted octanol–water partition coefficient (Wildman–Crippen LogP) is 5.16. The van der Waals surface area contributed by atoms with Crippen molar-refractivity contribution in [1.29, 1.82) is 0 Å². The molecule has 3 aromatic carbocycles. The van der Waals surface area contributed by atoms with Gasteiger partial charge in [0.15, 0.2) is 0 Å². The van der Waals surface area contributed by atoms with Crippen LogP contribution in [0.15, 0.2) is 77.2 Å². The number of nitrogens with zero attached hydrogens (tertiary/aromatic N) is 2. The Bertz CT molecular complexity index is 1290. The van der Waals surface area contributed by atoms with Crippen LogP contribution in [0.1, 0.15) is 41.4 Å². The molecule has 7 nitrogen and oxygen atoms in total. The predicted molar refractivity (Wildman–Crippen MR) is 127 cm³/mol. The fourth-order valence-corrected chi connectivity index (χ4v) is 3.48. The third-order valence-corrected chi connectivity index (χ3v) is 5.25. The lowest BCUT2D eigenvalue weighted by Gasteiger charge is -2.15. The lowest BCUT2D eigenvalue weighted by Crippen LogP contribution is -2.26. The van der Waals surface area contributed by atoms with E-state index in [1.165, 1.54) is 6.92 Å². The van der Waals surface area contributed by atoms with Gasteiger partial charge in [0, 0.05) is 29.3 Å². The molecule has 0 saturated carbocycles. The SMILES string of the molecule is CC(=O)Nc1cccc(C(C)NC(=O)c2ccc(-c3nnc(-c4ccccc4C)o3)cc2)c1. The second kappa shape index (κ2) is 9.48. The summed E-state index contributed by atoms with van der Waals surface area (Å²) in [6, 6.07) is 22.0. The summed E-state index contributed by atoms with van der Waals surface area (Å²) in [7, 11) is 0. The second-order valence-corrected chi connectivity index (χ2v) is 7.81. The molecule has 1 unspecified atom stereocenters. The monoisotopic (exact) mass is 440 g/mol. The molecule has 1 heterocycles. The molecule has 166 valence electrons. The summed E-state index contributed by atoms with van der Waals surface area (Å²) in [5.41, 5.74) is 4.77. The average Bonchev–Trinajstić information content (AvgIpc) is 3.29. The Morgan fingerprint density at radius 2 is 1.64 bits per heavy atom. The van der Waals surface area contributed by atoms with Gasteiger partial charge < -0.3 is 15.1 Å². The van der Waals surface area contributed by atoms with Crippen molar-refractivity contribution in [2.75, 3.05) is 5.32 Å². The number of aromatic nitrogens is 2. The number of benzene rings is 3. The van der Waals surface area contributed by atoms with E-state index in [0.29, 0.717) is 23.0 Å². The van der Waals surface area contributed by atoms with Crippen molar-refractivity contribution in [3.05, 3.63) is 89.5 Å². The number of anilines is 1. The molecule has 4 rings (SSSR count). The maximum absolute atomic E-state index is 12.7. The van der Waals surface area contributed by atoms with Crippen molar-refractivity contribution < 1.29 is 14.0 Å². The summed E-state index contributed by atoms with van der Waals surface area (Å²) in [6.07, 6.45) is 0. The van der Waals surface area contributed by atoms with Crippen LogP contribution in [-0.2, 0) is 4.79 Å². The molecule has 0 aliphatic heterocycles. The van der Waals surface area contributed by atoms with Gasteiger partial charge in [0.2, 0.25) is 17.7 Å². The lowest BCUT2D eigenvalue weighted by molar-refractivity contribution is -0.114. The summed E-state index contributed by atoms with van der Waals surface area (Å²) in [5.74, 6) is 0.505. The highest BCUT2D eigenvalue weighted by atomic mass is 16.4. The largest absolute Gasteiger partial charge is 0.416 e. The second-order valence-electron chi connectivity index (χ2n) is 7.81. The minimum absolute atomic E-state index is 0.142. The third kappa shape index (κ3) is 5.15. The molecule has 2 N–H and O–H groups in total. The van der Waals surface area contributed by atoms with Gasteiger partial charge in [-0.25, -0.2) is 0 Å². The molecule has 1 aromatic heterocycles. The number of carbonyl (C=O) groups is 2. The Kier molecular flexibility index (Phi) is 6.31. The molecule has 0 aliphatic carbocycles. The van der Waals surface area contributed by atoms with Crippen molar-refractivity contribution in [2.45, 2.75) is 26.8 Å². The van der Waals surface area contributed by atoms with Crippen LogP contribution in [0.2, 0.25) is 0 Å². The van der Waals surface area contributed by atoms with Crippen molar-refractivity contribution in [3.8, 4) is 22.9 Å². The fraction of sp³-hybridized carbons (Fsp3) is 0.154. The molecular weight excluding hydrogens is 416 g/mol. The van der Waals surface area contributed by atoms with Crippen molar-refractivity contribution in [3.63, 3.8) is 0 Å².